The fraction of sp³-hybridized carbons (Fsp3) is 0.385. The number of Topliss-reactive ketones (excluding diaryl/α,β-unsaturated/α-hetero) is 1. The molecular formula is C13H14O5. The minimum atomic E-state index is -0.523. The van der Waals surface area contributed by atoms with Gasteiger partial charge in [-0.15, -0.1) is 0 Å². The number of hydrogen-bond acceptors (Lipinski definition) is 5. The summed E-state index contributed by atoms with van der Waals surface area (Å²) in [7, 11) is 2.96. The van der Waals surface area contributed by atoms with Gasteiger partial charge in [0.05, 0.1) is 14.2 Å². The van der Waals surface area contributed by atoms with E-state index >= 15 is 0 Å². The van der Waals surface area contributed by atoms with Crippen LogP contribution in [0.25, 0.3) is 0 Å². The first-order valence-electron chi connectivity index (χ1n) is 5.53. The summed E-state index contributed by atoms with van der Waals surface area (Å²) in [5, 5.41) is 0. The van der Waals surface area contributed by atoms with Crippen LogP contribution in [0.15, 0.2) is 12.1 Å². The SMILES string of the molecule is COc1ccc2c(c1OC)C(=O)O[C@@H]2CC(C)=O. The van der Waals surface area contributed by atoms with E-state index in [0.717, 1.165) is 0 Å². The minimum absolute atomic E-state index is 0.0320. The minimum Gasteiger partial charge on any atom is -0.493 e. The number of ketones is 1. The maximum Gasteiger partial charge on any atom is 0.343 e. The molecule has 0 radical (unpaired) electrons. The number of carbonyl (C=O) groups is 2. The Kier molecular flexibility index (Phi) is 3.23. The Bertz CT molecular complexity index is 506. The molecule has 1 aromatic rings. The van der Waals surface area contributed by atoms with Crippen LogP contribution >= 0.6 is 0 Å². The van der Waals surface area contributed by atoms with Crippen molar-refractivity contribution in [2.75, 3.05) is 14.2 Å². The first-order chi connectivity index (χ1) is 8.58. The summed E-state index contributed by atoms with van der Waals surface area (Å²) in [6.07, 6.45) is -0.349. The number of hydrogen-bond donors (Lipinski definition) is 0. The highest BCUT2D eigenvalue weighted by atomic mass is 16.6. The van der Waals surface area contributed by atoms with E-state index < -0.39 is 12.1 Å². The van der Waals surface area contributed by atoms with Gasteiger partial charge in [0.15, 0.2) is 11.5 Å². The van der Waals surface area contributed by atoms with E-state index in [2.05, 4.69) is 0 Å². The Morgan fingerprint density at radius 3 is 2.61 bits per heavy atom. The van der Waals surface area contributed by atoms with Crippen LogP contribution in [0.1, 0.15) is 35.4 Å². The molecule has 1 heterocycles. The van der Waals surface area contributed by atoms with E-state index in [0.29, 0.717) is 22.6 Å². The second kappa shape index (κ2) is 4.68. The van der Waals surface area contributed by atoms with Crippen molar-refractivity contribution in [2.45, 2.75) is 19.4 Å². The van der Waals surface area contributed by atoms with Crippen LogP contribution in [0.5, 0.6) is 11.5 Å². The first kappa shape index (κ1) is 12.4. The second-order valence-electron chi connectivity index (χ2n) is 4.07. The van der Waals surface area contributed by atoms with Gasteiger partial charge in [0.1, 0.15) is 17.5 Å². The van der Waals surface area contributed by atoms with Crippen LogP contribution in [-0.4, -0.2) is 26.0 Å². The quantitative estimate of drug-likeness (QED) is 0.764. The lowest BCUT2D eigenvalue weighted by Crippen LogP contribution is -2.03. The van der Waals surface area contributed by atoms with Crippen LogP contribution in [0.4, 0.5) is 0 Å². The molecule has 5 heteroatoms. The van der Waals surface area contributed by atoms with Gasteiger partial charge in [-0.1, -0.05) is 6.07 Å². The fourth-order valence-corrected chi connectivity index (χ4v) is 2.09. The zero-order valence-electron chi connectivity index (χ0n) is 10.5. The molecule has 0 fully saturated rings. The van der Waals surface area contributed by atoms with Crippen LogP contribution < -0.4 is 9.47 Å². The van der Waals surface area contributed by atoms with E-state index in [9.17, 15) is 9.59 Å². The topological polar surface area (TPSA) is 61.8 Å². The van der Waals surface area contributed by atoms with Gasteiger partial charge in [-0.3, -0.25) is 4.79 Å². The molecule has 1 aliphatic rings. The van der Waals surface area contributed by atoms with Gasteiger partial charge in [-0.25, -0.2) is 4.79 Å². The van der Waals surface area contributed by atoms with E-state index in [1.807, 2.05) is 0 Å². The Balaban J connectivity index is 2.50. The fourth-order valence-electron chi connectivity index (χ4n) is 2.09. The molecule has 0 amide bonds. The van der Waals surface area contributed by atoms with Gasteiger partial charge < -0.3 is 14.2 Å². The zero-order valence-corrected chi connectivity index (χ0v) is 10.5. The van der Waals surface area contributed by atoms with Crippen molar-refractivity contribution in [1.82, 2.24) is 0 Å². The summed E-state index contributed by atoms with van der Waals surface area (Å²) in [5.74, 6) is 0.310. The molecule has 96 valence electrons. The summed E-state index contributed by atoms with van der Waals surface area (Å²) in [4.78, 5) is 23.0. The molecule has 0 N–H and O–H groups in total. The van der Waals surface area contributed by atoms with Crippen molar-refractivity contribution in [3.8, 4) is 11.5 Å². The molecule has 1 atom stereocenters. The molecule has 0 aromatic heterocycles. The molecule has 1 aliphatic heterocycles. The molecule has 18 heavy (non-hydrogen) atoms. The Morgan fingerprint density at radius 1 is 1.33 bits per heavy atom. The number of methoxy groups -OCH3 is 2. The summed E-state index contributed by atoms with van der Waals surface area (Å²) in [6.45, 7) is 1.46. The highest BCUT2D eigenvalue weighted by molar-refractivity contribution is 5.98. The third-order valence-electron chi connectivity index (χ3n) is 2.85. The molecule has 0 unspecified atom stereocenters. The number of benzene rings is 1. The normalized spacial score (nSPS) is 17.1. The number of rotatable bonds is 4. The summed E-state index contributed by atoms with van der Waals surface area (Å²) < 4.78 is 15.5. The van der Waals surface area contributed by atoms with Crippen molar-refractivity contribution in [3.63, 3.8) is 0 Å². The van der Waals surface area contributed by atoms with Crippen molar-refractivity contribution >= 4 is 11.8 Å². The first-order valence-corrected chi connectivity index (χ1v) is 5.53. The van der Waals surface area contributed by atoms with E-state index in [1.54, 1.807) is 12.1 Å². The molecule has 0 aliphatic carbocycles. The smallest absolute Gasteiger partial charge is 0.343 e. The largest absolute Gasteiger partial charge is 0.493 e. The highest BCUT2D eigenvalue weighted by Gasteiger charge is 2.36. The van der Waals surface area contributed by atoms with Gasteiger partial charge in [-0.05, 0) is 13.0 Å². The van der Waals surface area contributed by atoms with Crippen LogP contribution in [0.3, 0.4) is 0 Å². The number of esters is 1. The van der Waals surface area contributed by atoms with E-state index in [-0.39, 0.29) is 12.2 Å². The predicted octanol–water partition coefficient (Wildman–Crippen LogP) is 1.89. The van der Waals surface area contributed by atoms with Gasteiger partial charge in [0.25, 0.3) is 0 Å². The molecule has 1 aromatic carbocycles. The predicted molar refractivity (Wildman–Crippen MR) is 63.0 cm³/mol. The van der Waals surface area contributed by atoms with Gasteiger partial charge >= 0.3 is 5.97 Å². The van der Waals surface area contributed by atoms with E-state index in [4.69, 9.17) is 14.2 Å². The molecule has 5 nitrogen and oxygen atoms in total. The Labute approximate surface area is 105 Å². The van der Waals surface area contributed by atoms with Crippen LogP contribution in [-0.2, 0) is 9.53 Å². The highest BCUT2D eigenvalue weighted by Crippen LogP contribution is 2.42. The number of carbonyl (C=O) groups excluding carboxylic acids is 2. The average Bonchev–Trinajstić information content (AvgIpc) is 2.64. The maximum atomic E-state index is 11.8. The van der Waals surface area contributed by atoms with Crippen molar-refractivity contribution in [3.05, 3.63) is 23.3 Å². The average molecular weight is 250 g/mol. The summed E-state index contributed by atoms with van der Waals surface area (Å²) >= 11 is 0. The van der Waals surface area contributed by atoms with Gasteiger partial charge in [-0.2, -0.15) is 0 Å². The lowest BCUT2D eigenvalue weighted by Gasteiger charge is -2.11. The Morgan fingerprint density at radius 2 is 2.06 bits per heavy atom. The lowest BCUT2D eigenvalue weighted by atomic mass is 10.0. The van der Waals surface area contributed by atoms with E-state index in [1.165, 1.54) is 21.1 Å². The number of fused-ring (bicyclic) bond motifs is 1. The van der Waals surface area contributed by atoms with Crippen molar-refractivity contribution in [2.24, 2.45) is 0 Å². The molecule has 0 spiro atoms. The third-order valence-corrected chi connectivity index (χ3v) is 2.85. The lowest BCUT2D eigenvalue weighted by molar-refractivity contribution is -0.118. The molecule has 2 rings (SSSR count). The van der Waals surface area contributed by atoms with Gasteiger partial charge in [0, 0.05) is 12.0 Å². The summed E-state index contributed by atoms with van der Waals surface area (Å²) in [5.41, 5.74) is 1.02. The number of ether oxygens (including phenoxy) is 3. The maximum absolute atomic E-state index is 11.8. The standard InChI is InChI=1S/C13H14O5/c1-7(14)6-10-8-4-5-9(16-2)12(17-3)11(8)13(15)18-10/h4-5,10H,6H2,1-3H3/t10-/m1/s1. The molecular weight excluding hydrogens is 236 g/mol. The second-order valence-corrected chi connectivity index (χ2v) is 4.07. The molecule has 0 saturated carbocycles. The summed E-state index contributed by atoms with van der Waals surface area (Å²) in [6, 6.07) is 3.43. The Hall–Kier alpha value is -2.04. The molecule has 0 bridgehead atoms. The monoisotopic (exact) mass is 250 g/mol. The zero-order chi connectivity index (χ0) is 13.3. The van der Waals surface area contributed by atoms with Crippen LogP contribution in [0, 0.1) is 0 Å². The molecule has 0 saturated heterocycles. The number of cyclic esters (lactones) is 1. The van der Waals surface area contributed by atoms with Crippen molar-refractivity contribution < 1.29 is 23.8 Å². The van der Waals surface area contributed by atoms with Crippen LogP contribution in [0.2, 0.25) is 0 Å². The van der Waals surface area contributed by atoms with Crippen molar-refractivity contribution in [1.29, 1.82) is 0 Å². The third kappa shape index (κ3) is 1.92. The van der Waals surface area contributed by atoms with Gasteiger partial charge in [0.2, 0.25) is 0 Å².